The number of ether oxygens (including phenoxy) is 2. The van der Waals surface area contributed by atoms with E-state index in [1.54, 1.807) is 54.6 Å². The monoisotopic (exact) mass is 409 g/mol. The van der Waals surface area contributed by atoms with Crippen LogP contribution in [0.25, 0.3) is 0 Å². The van der Waals surface area contributed by atoms with E-state index >= 15 is 0 Å². The topological polar surface area (TPSA) is 89.9 Å². The van der Waals surface area contributed by atoms with Crippen molar-refractivity contribution in [3.05, 3.63) is 88.7 Å². The van der Waals surface area contributed by atoms with E-state index in [0.717, 1.165) is 0 Å². The molecule has 1 heterocycles. The fourth-order valence-electron chi connectivity index (χ4n) is 2.37. The largest absolute Gasteiger partial charge is 0.493 e. The maximum absolute atomic E-state index is 12.2. The zero-order valence-electron chi connectivity index (χ0n) is 15.3. The molecule has 2 aromatic carbocycles. The zero-order valence-corrected chi connectivity index (χ0v) is 16.1. The Morgan fingerprint density at radius 3 is 2.55 bits per heavy atom. The minimum atomic E-state index is -0.529. The van der Waals surface area contributed by atoms with Crippen LogP contribution in [0.15, 0.2) is 72.1 Å². The summed E-state index contributed by atoms with van der Waals surface area (Å²) in [7, 11) is 1.46. The number of hydrazone groups is 1. The number of benzene rings is 2. The molecule has 0 aliphatic rings. The summed E-state index contributed by atoms with van der Waals surface area (Å²) in [6.45, 7) is 0. The number of aromatic nitrogens is 1. The number of halogens is 1. The zero-order chi connectivity index (χ0) is 20.6. The number of pyridine rings is 1. The van der Waals surface area contributed by atoms with Gasteiger partial charge >= 0.3 is 5.97 Å². The normalized spacial score (nSPS) is 10.6. The summed E-state index contributed by atoms with van der Waals surface area (Å²) in [5.74, 6) is -0.360. The van der Waals surface area contributed by atoms with Gasteiger partial charge in [-0.1, -0.05) is 23.7 Å². The highest BCUT2D eigenvalue weighted by Crippen LogP contribution is 2.28. The standard InChI is InChI=1S/C21H16ClN3O4/c1-28-19-12-14(13-24-25-20(26)16-4-2-3-5-17(16)22)6-7-18(19)29-21(27)15-8-10-23-11-9-15/h2-13H,1H3,(H,25,26)/b24-13-. The molecule has 0 atom stereocenters. The molecule has 8 heteroatoms. The number of hydrogen-bond acceptors (Lipinski definition) is 6. The van der Waals surface area contributed by atoms with Crippen molar-refractivity contribution in [2.24, 2.45) is 5.10 Å². The van der Waals surface area contributed by atoms with E-state index < -0.39 is 11.9 Å². The Kier molecular flexibility index (Phi) is 6.55. The van der Waals surface area contributed by atoms with Crippen molar-refractivity contribution >= 4 is 29.7 Å². The number of amides is 1. The molecule has 1 N–H and O–H groups in total. The van der Waals surface area contributed by atoms with Gasteiger partial charge in [0.05, 0.1) is 29.5 Å². The number of esters is 1. The summed E-state index contributed by atoms with van der Waals surface area (Å²) in [4.78, 5) is 28.1. The molecule has 0 unspecified atom stereocenters. The molecular formula is C21H16ClN3O4. The number of carbonyl (C=O) groups excluding carboxylic acids is 2. The van der Waals surface area contributed by atoms with E-state index in [1.165, 1.54) is 25.7 Å². The van der Waals surface area contributed by atoms with E-state index in [0.29, 0.717) is 27.5 Å². The molecule has 0 radical (unpaired) electrons. The molecule has 0 bridgehead atoms. The van der Waals surface area contributed by atoms with Crippen molar-refractivity contribution in [3.63, 3.8) is 0 Å². The summed E-state index contributed by atoms with van der Waals surface area (Å²) < 4.78 is 10.6. The Bertz CT molecular complexity index is 1050. The fourth-order valence-corrected chi connectivity index (χ4v) is 2.59. The molecule has 0 aliphatic carbocycles. The van der Waals surface area contributed by atoms with Crippen molar-refractivity contribution < 1.29 is 19.1 Å². The molecule has 7 nitrogen and oxygen atoms in total. The minimum absolute atomic E-state index is 0.256. The number of methoxy groups -OCH3 is 1. The van der Waals surface area contributed by atoms with Crippen LogP contribution in [-0.2, 0) is 0 Å². The van der Waals surface area contributed by atoms with Crippen LogP contribution >= 0.6 is 11.6 Å². The van der Waals surface area contributed by atoms with Crippen LogP contribution in [0, 0.1) is 0 Å². The molecule has 29 heavy (non-hydrogen) atoms. The lowest BCUT2D eigenvalue weighted by Gasteiger charge is -2.09. The number of nitrogens with zero attached hydrogens (tertiary/aromatic N) is 2. The van der Waals surface area contributed by atoms with Gasteiger partial charge in [0, 0.05) is 12.4 Å². The molecule has 0 fully saturated rings. The third-order valence-electron chi connectivity index (χ3n) is 3.80. The maximum Gasteiger partial charge on any atom is 0.343 e. The Hall–Kier alpha value is -3.71. The fraction of sp³-hybridized carbons (Fsp3) is 0.0476. The number of hydrogen-bond donors (Lipinski definition) is 1. The van der Waals surface area contributed by atoms with E-state index in [2.05, 4.69) is 15.5 Å². The van der Waals surface area contributed by atoms with Crippen LogP contribution < -0.4 is 14.9 Å². The quantitative estimate of drug-likeness (QED) is 0.290. The van der Waals surface area contributed by atoms with Gasteiger partial charge in [0.25, 0.3) is 5.91 Å². The Balaban J connectivity index is 1.68. The molecule has 0 saturated heterocycles. The van der Waals surface area contributed by atoms with E-state index in [1.807, 2.05) is 0 Å². The molecule has 146 valence electrons. The summed E-state index contributed by atoms with van der Waals surface area (Å²) in [5.41, 5.74) is 3.73. The Labute approximate surface area is 171 Å². The molecule has 0 saturated carbocycles. The minimum Gasteiger partial charge on any atom is -0.493 e. The second-order valence-corrected chi connectivity index (χ2v) is 6.12. The van der Waals surface area contributed by atoms with Crippen molar-refractivity contribution in [2.45, 2.75) is 0 Å². The molecule has 3 rings (SSSR count). The first-order valence-electron chi connectivity index (χ1n) is 8.46. The lowest BCUT2D eigenvalue weighted by Crippen LogP contribution is -2.17. The highest BCUT2D eigenvalue weighted by molar-refractivity contribution is 6.33. The van der Waals surface area contributed by atoms with Crippen LogP contribution in [0.4, 0.5) is 0 Å². The predicted octanol–water partition coefficient (Wildman–Crippen LogP) is 3.73. The van der Waals surface area contributed by atoms with E-state index in [9.17, 15) is 9.59 Å². The highest BCUT2D eigenvalue weighted by atomic mass is 35.5. The van der Waals surface area contributed by atoms with Gasteiger partial charge in [-0.15, -0.1) is 0 Å². The predicted molar refractivity (Wildman–Crippen MR) is 109 cm³/mol. The molecular weight excluding hydrogens is 394 g/mol. The summed E-state index contributed by atoms with van der Waals surface area (Å²) in [6.07, 6.45) is 4.44. The maximum atomic E-state index is 12.2. The summed E-state index contributed by atoms with van der Waals surface area (Å²) >= 11 is 5.98. The Morgan fingerprint density at radius 1 is 1.07 bits per heavy atom. The van der Waals surface area contributed by atoms with Gasteiger partial charge in [-0.05, 0) is 48.0 Å². The molecule has 1 aromatic heterocycles. The van der Waals surface area contributed by atoms with Crippen molar-refractivity contribution in [3.8, 4) is 11.5 Å². The highest BCUT2D eigenvalue weighted by Gasteiger charge is 2.13. The third kappa shape index (κ3) is 5.18. The first kappa shape index (κ1) is 20.0. The number of carbonyl (C=O) groups is 2. The smallest absolute Gasteiger partial charge is 0.343 e. The van der Waals surface area contributed by atoms with E-state index in [-0.39, 0.29) is 5.75 Å². The second kappa shape index (κ2) is 9.48. The molecule has 3 aromatic rings. The first-order valence-corrected chi connectivity index (χ1v) is 8.84. The van der Waals surface area contributed by atoms with Crippen molar-refractivity contribution in [2.75, 3.05) is 7.11 Å². The average Bonchev–Trinajstić information content (AvgIpc) is 2.75. The van der Waals surface area contributed by atoms with Crippen molar-refractivity contribution in [1.29, 1.82) is 0 Å². The van der Waals surface area contributed by atoms with Crippen LogP contribution in [0.3, 0.4) is 0 Å². The lowest BCUT2D eigenvalue weighted by atomic mass is 10.2. The van der Waals surface area contributed by atoms with Gasteiger partial charge in [0.1, 0.15) is 0 Å². The van der Waals surface area contributed by atoms with Crippen LogP contribution in [0.2, 0.25) is 5.02 Å². The summed E-state index contributed by atoms with van der Waals surface area (Å²) in [5, 5.41) is 4.25. The van der Waals surface area contributed by atoms with Gasteiger partial charge in [-0.3, -0.25) is 9.78 Å². The molecule has 1 amide bonds. The van der Waals surface area contributed by atoms with Crippen LogP contribution in [0.5, 0.6) is 11.5 Å². The van der Waals surface area contributed by atoms with Gasteiger partial charge in [-0.2, -0.15) is 5.10 Å². The van der Waals surface area contributed by atoms with Crippen LogP contribution in [0.1, 0.15) is 26.3 Å². The average molecular weight is 410 g/mol. The van der Waals surface area contributed by atoms with Gasteiger partial charge < -0.3 is 9.47 Å². The van der Waals surface area contributed by atoms with Gasteiger partial charge in [-0.25, -0.2) is 10.2 Å². The number of rotatable bonds is 6. The van der Waals surface area contributed by atoms with Crippen LogP contribution in [-0.4, -0.2) is 30.2 Å². The molecule has 0 aliphatic heterocycles. The first-order chi connectivity index (χ1) is 14.1. The Morgan fingerprint density at radius 2 is 1.83 bits per heavy atom. The number of nitrogens with one attached hydrogen (secondary N) is 1. The SMILES string of the molecule is COc1cc(/C=N\NC(=O)c2ccccc2Cl)ccc1OC(=O)c1ccncc1. The van der Waals surface area contributed by atoms with Gasteiger partial charge in [0.15, 0.2) is 11.5 Å². The summed E-state index contributed by atoms with van der Waals surface area (Å²) in [6, 6.07) is 14.6. The lowest BCUT2D eigenvalue weighted by molar-refractivity contribution is 0.0729. The van der Waals surface area contributed by atoms with Gasteiger partial charge in [0.2, 0.25) is 0 Å². The van der Waals surface area contributed by atoms with E-state index in [4.69, 9.17) is 21.1 Å². The third-order valence-corrected chi connectivity index (χ3v) is 4.13. The van der Waals surface area contributed by atoms with Crippen molar-refractivity contribution in [1.82, 2.24) is 10.4 Å². The second-order valence-electron chi connectivity index (χ2n) is 5.71. The molecule has 0 spiro atoms.